The number of benzene rings is 2. The van der Waals surface area contributed by atoms with E-state index in [9.17, 15) is 14.0 Å². The number of anilines is 1. The van der Waals surface area contributed by atoms with E-state index < -0.39 is 6.10 Å². The van der Waals surface area contributed by atoms with Gasteiger partial charge < -0.3 is 14.5 Å². The Balaban J connectivity index is 1.59. The van der Waals surface area contributed by atoms with Gasteiger partial charge in [-0.25, -0.2) is 4.39 Å². The molecule has 1 aliphatic heterocycles. The van der Waals surface area contributed by atoms with Crippen LogP contribution in [-0.4, -0.2) is 30.5 Å². The van der Waals surface area contributed by atoms with Crippen LogP contribution in [0.15, 0.2) is 65.1 Å². The minimum absolute atomic E-state index is 0.0516. The molecule has 1 unspecified atom stereocenters. The van der Waals surface area contributed by atoms with Crippen LogP contribution in [0.2, 0.25) is 0 Å². The largest absolute Gasteiger partial charge is 0.477 e. The fourth-order valence-corrected chi connectivity index (χ4v) is 3.71. The van der Waals surface area contributed by atoms with Gasteiger partial charge >= 0.3 is 0 Å². The third kappa shape index (κ3) is 4.37. The topological polar surface area (TPSA) is 71.8 Å². The minimum atomic E-state index is -0.832. The van der Waals surface area contributed by atoms with Gasteiger partial charge in [0.1, 0.15) is 17.3 Å². The summed E-state index contributed by atoms with van der Waals surface area (Å²) in [5, 5.41) is 2.99. The first-order valence-electron chi connectivity index (χ1n) is 10.7. The van der Waals surface area contributed by atoms with Crippen molar-refractivity contribution in [2.24, 2.45) is 0 Å². The Labute approximate surface area is 186 Å². The molecular weight excluding hydrogens is 411 g/mol. The maximum atomic E-state index is 13.3. The Morgan fingerprint density at radius 3 is 2.50 bits per heavy atom. The smallest absolute Gasteiger partial charge is 0.294 e. The average Bonchev–Trinajstić information content (AvgIpc) is 3.32. The zero-order chi connectivity index (χ0) is 22.7. The molecule has 2 aromatic carbocycles. The molecule has 0 spiro atoms. The molecule has 0 aliphatic carbocycles. The van der Waals surface area contributed by atoms with Crippen LogP contribution in [0.3, 0.4) is 0 Å². The SMILES string of the molecule is CCC(CC)NC(=O)C1CN(C(=O)c2ccc(-c3ccc(F)cc3)o2)c2ccccc2O1. The van der Waals surface area contributed by atoms with E-state index in [-0.39, 0.29) is 36.0 Å². The number of ether oxygens (including phenoxy) is 1. The van der Waals surface area contributed by atoms with Crippen LogP contribution in [0.1, 0.15) is 37.2 Å². The summed E-state index contributed by atoms with van der Waals surface area (Å²) >= 11 is 0. The van der Waals surface area contributed by atoms with Gasteiger partial charge in [-0.1, -0.05) is 26.0 Å². The average molecular weight is 436 g/mol. The van der Waals surface area contributed by atoms with Crippen molar-refractivity contribution in [3.8, 4) is 17.1 Å². The number of rotatable bonds is 6. The van der Waals surface area contributed by atoms with Crippen molar-refractivity contribution < 1.29 is 23.1 Å². The Morgan fingerprint density at radius 2 is 1.78 bits per heavy atom. The zero-order valence-electron chi connectivity index (χ0n) is 18.0. The predicted molar refractivity (Wildman–Crippen MR) is 119 cm³/mol. The third-order valence-corrected chi connectivity index (χ3v) is 5.59. The van der Waals surface area contributed by atoms with Gasteiger partial charge in [0.15, 0.2) is 11.9 Å². The van der Waals surface area contributed by atoms with Crippen LogP contribution in [0.5, 0.6) is 5.75 Å². The molecule has 32 heavy (non-hydrogen) atoms. The summed E-state index contributed by atoms with van der Waals surface area (Å²) in [5.41, 5.74) is 1.24. The minimum Gasteiger partial charge on any atom is -0.477 e. The van der Waals surface area contributed by atoms with E-state index in [1.165, 1.54) is 17.0 Å². The van der Waals surface area contributed by atoms with Crippen molar-refractivity contribution in [1.29, 1.82) is 0 Å². The van der Waals surface area contributed by atoms with Crippen LogP contribution in [0.4, 0.5) is 10.1 Å². The molecule has 0 bridgehead atoms. The number of halogens is 1. The van der Waals surface area contributed by atoms with E-state index in [4.69, 9.17) is 9.15 Å². The molecule has 0 saturated carbocycles. The third-order valence-electron chi connectivity index (χ3n) is 5.59. The molecule has 1 aliphatic rings. The highest BCUT2D eigenvalue weighted by atomic mass is 19.1. The molecule has 6 nitrogen and oxygen atoms in total. The fraction of sp³-hybridized carbons (Fsp3) is 0.280. The van der Waals surface area contributed by atoms with Crippen molar-refractivity contribution in [3.05, 3.63) is 72.2 Å². The first-order valence-corrected chi connectivity index (χ1v) is 10.7. The summed E-state index contributed by atoms with van der Waals surface area (Å²) in [5.74, 6) is 0.0614. The summed E-state index contributed by atoms with van der Waals surface area (Å²) in [6, 6.07) is 16.3. The van der Waals surface area contributed by atoms with E-state index in [0.717, 1.165) is 12.8 Å². The second kappa shape index (κ2) is 9.26. The molecule has 1 aromatic heterocycles. The van der Waals surface area contributed by atoms with E-state index in [1.807, 2.05) is 13.8 Å². The summed E-state index contributed by atoms with van der Waals surface area (Å²) in [6.45, 7) is 4.09. The van der Waals surface area contributed by atoms with Crippen LogP contribution in [0, 0.1) is 5.82 Å². The van der Waals surface area contributed by atoms with Crippen LogP contribution >= 0.6 is 0 Å². The molecule has 2 heterocycles. The first kappa shape index (κ1) is 21.6. The highest BCUT2D eigenvalue weighted by molar-refractivity contribution is 6.06. The van der Waals surface area contributed by atoms with Crippen LogP contribution < -0.4 is 15.0 Å². The Bertz CT molecular complexity index is 1110. The quantitative estimate of drug-likeness (QED) is 0.603. The van der Waals surface area contributed by atoms with Gasteiger partial charge in [-0.2, -0.15) is 0 Å². The lowest BCUT2D eigenvalue weighted by Gasteiger charge is -2.34. The number of carbonyl (C=O) groups excluding carboxylic acids is 2. The van der Waals surface area contributed by atoms with Gasteiger partial charge in [0.2, 0.25) is 0 Å². The number of hydrogen-bond donors (Lipinski definition) is 1. The van der Waals surface area contributed by atoms with Gasteiger partial charge in [-0.15, -0.1) is 0 Å². The molecule has 0 saturated heterocycles. The summed E-state index contributed by atoms with van der Waals surface area (Å²) in [6.07, 6.45) is 0.792. The second-order valence-corrected chi connectivity index (χ2v) is 7.68. The highest BCUT2D eigenvalue weighted by Crippen LogP contribution is 2.35. The van der Waals surface area contributed by atoms with Crippen molar-refractivity contribution in [1.82, 2.24) is 5.32 Å². The van der Waals surface area contributed by atoms with Crippen molar-refractivity contribution in [2.75, 3.05) is 11.4 Å². The molecule has 1 N–H and O–H groups in total. The van der Waals surface area contributed by atoms with E-state index in [1.54, 1.807) is 48.5 Å². The lowest BCUT2D eigenvalue weighted by atomic mass is 10.1. The number of hydrogen-bond acceptors (Lipinski definition) is 4. The molecule has 166 valence electrons. The zero-order valence-corrected chi connectivity index (χ0v) is 18.0. The Kier molecular flexibility index (Phi) is 6.25. The molecule has 4 rings (SSSR count). The van der Waals surface area contributed by atoms with Gasteiger partial charge in [0.05, 0.1) is 12.2 Å². The number of para-hydroxylation sites is 2. The fourth-order valence-electron chi connectivity index (χ4n) is 3.71. The molecule has 0 radical (unpaired) electrons. The molecule has 7 heteroatoms. The maximum Gasteiger partial charge on any atom is 0.294 e. The molecule has 0 fully saturated rings. The standard InChI is InChI=1S/C25H25FN2O4/c1-3-18(4-2)27-24(29)23-15-28(19-7-5-6-8-21(19)32-23)25(30)22-14-13-20(31-22)16-9-11-17(26)12-10-16/h5-14,18,23H,3-4,15H2,1-2H3,(H,27,29). The molecule has 2 amide bonds. The Hall–Kier alpha value is -3.61. The number of nitrogens with one attached hydrogen (secondary N) is 1. The molecular formula is C25H25FN2O4. The van der Waals surface area contributed by atoms with E-state index in [2.05, 4.69) is 5.32 Å². The Morgan fingerprint density at radius 1 is 1.06 bits per heavy atom. The van der Waals surface area contributed by atoms with Gasteiger partial charge in [-0.05, 0) is 61.4 Å². The molecule has 3 aromatic rings. The predicted octanol–water partition coefficient (Wildman–Crippen LogP) is 4.80. The first-order chi connectivity index (χ1) is 15.5. The lowest BCUT2D eigenvalue weighted by molar-refractivity contribution is -0.128. The number of carbonyl (C=O) groups is 2. The van der Waals surface area contributed by atoms with E-state index >= 15 is 0 Å². The monoisotopic (exact) mass is 436 g/mol. The van der Waals surface area contributed by atoms with Gasteiger partial charge in [0, 0.05) is 11.6 Å². The van der Waals surface area contributed by atoms with Gasteiger partial charge in [-0.3, -0.25) is 14.5 Å². The van der Waals surface area contributed by atoms with E-state index in [0.29, 0.717) is 22.8 Å². The van der Waals surface area contributed by atoms with Gasteiger partial charge in [0.25, 0.3) is 11.8 Å². The summed E-state index contributed by atoms with van der Waals surface area (Å²) in [4.78, 5) is 27.7. The van der Waals surface area contributed by atoms with Crippen molar-refractivity contribution in [2.45, 2.75) is 38.8 Å². The number of furan rings is 1. The normalized spacial score (nSPS) is 15.2. The highest BCUT2D eigenvalue weighted by Gasteiger charge is 2.35. The number of nitrogens with zero attached hydrogens (tertiary/aromatic N) is 1. The maximum absolute atomic E-state index is 13.3. The molecule has 1 atom stereocenters. The van der Waals surface area contributed by atoms with Crippen LogP contribution in [-0.2, 0) is 4.79 Å². The number of fused-ring (bicyclic) bond motifs is 1. The van der Waals surface area contributed by atoms with Crippen molar-refractivity contribution in [3.63, 3.8) is 0 Å². The number of amides is 2. The van der Waals surface area contributed by atoms with Crippen molar-refractivity contribution >= 4 is 17.5 Å². The summed E-state index contributed by atoms with van der Waals surface area (Å²) < 4.78 is 24.9. The summed E-state index contributed by atoms with van der Waals surface area (Å²) in [7, 11) is 0. The second-order valence-electron chi connectivity index (χ2n) is 7.68. The van der Waals surface area contributed by atoms with Crippen LogP contribution in [0.25, 0.3) is 11.3 Å². The lowest BCUT2D eigenvalue weighted by Crippen LogP contribution is -2.52.